The lowest BCUT2D eigenvalue weighted by Crippen LogP contribution is -1.83. The summed E-state index contributed by atoms with van der Waals surface area (Å²) < 4.78 is 0. The molecule has 0 aromatic rings. The second-order valence-corrected chi connectivity index (χ2v) is 2.24. The van der Waals surface area contributed by atoms with E-state index in [0.29, 0.717) is 0 Å². The second kappa shape index (κ2) is 2.45. The highest BCUT2D eigenvalue weighted by atomic mass is 28.1. The maximum atomic E-state index is 2.31. The predicted molar refractivity (Wildman–Crippen MR) is 29.1 cm³/mol. The van der Waals surface area contributed by atoms with Crippen LogP contribution in [0.3, 0.4) is 0 Å². The fourth-order valence-electron chi connectivity index (χ4n) is 0. The fourth-order valence-corrected chi connectivity index (χ4v) is 0. The number of rotatable bonds is 1. The van der Waals surface area contributed by atoms with Gasteiger partial charge >= 0.3 is 0 Å². The number of hydrogen-bond acceptors (Lipinski definition) is 0. The zero-order valence-corrected chi connectivity index (χ0v) is 6.15. The molecule has 0 spiro atoms. The average molecular weight is 87.2 g/mol. The van der Waals surface area contributed by atoms with E-state index in [1.54, 1.807) is 0 Å². The summed E-state index contributed by atoms with van der Waals surface area (Å²) in [5, 5.41) is 0. The van der Waals surface area contributed by atoms with Gasteiger partial charge < -0.3 is 0 Å². The molecule has 0 aromatic carbocycles. The van der Waals surface area contributed by atoms with E-state index in [1.807, 2.05) is 0 Å². The lowest BCUT2D eigenvalue weighted by atomic mass is 10.3. The van der Waals surface area contributed by atoms with Crippen LogP contribution in [0.5, 0.6) is 0 Å². The third-order valence-corrected chi connectivity index (χ3v) is 2.00. The van der Waals surface area contributed by atoms with E-state index in [-0.39, 0.29) is 0 Å². The highest BCUT2D eigenvalue weighted by molar-refractivity contribution is 6.14. The topological polar surface area (TPSA) is 0 Å². The zero-order chi connectivity index (χ0) is 4.28. The summed E-state index contributed by atoms with van der Waals surface area (Å²) in [4.78, 5) is 0. The Balaban J connectivity index is 2.54. The van der Waals surface area contributed by atoms with Crippen LogP contribution in [0.4, 0.5) is 0 Å². The molecule has 0 rings (SSSR count). The first-order valence-corrected chi connectivity index (χ1v) is 3.22. The first-order chi connectivity index (χ1) is 2.27. The molecule has 1 heteroatoms. The molecule has 0 amide bonds. The minimum absolute atomic E-state index is 0.821. The Morgan fingerprint density at radius 3 is 1.80 bits per heavy atom. The lowest BCUT2D eigenvalue weighted by molar-refractivity contribution is 0.807. The second-order valence-electron chi connectivity index (χ2n) is 1.58. The van der Waals surface area contributed by atoms with Gasteiger partial charge in [-0.05, 0) is 5.92 Å². The van der Waals surface area contributed by atoms with Crippen LogP contribution in [0.15, 0.2) is 0 Å². The van der Waals surface area contributed by atoms with E-state index in [4.69, 9.17) is 0 Å². The van der Waals surface area contributed by atoms with Gasteiger partial charge in [-0.15, -0.1) is 0 Å². The van der Waals surface area contributed by atoms with Crippen LogP contribution < -0.4 is 0 Å². The van der Waals surface area contributed by atoms with Crippen molar-refractivity contribution in [2.45, 2.75) is 13.8 Å². The smallest absolute Gasteiger partial charge is 0.00701 e. The summed E-state index contributed by atoms with van der Waals surface area (Å²) in [6.45, 7) is 4.40. The Labute approximate surface area is 37.0 Å². The van der Waals surface area contributed by atoms with Crippen LogP contribution in [0, 0.1) is 12.0 Å². The van der Waals surface area contributed by atoms with Crippen molar-refractivity contribution < 1.29 is 0 Å². The van der Waals surface area contributed by atoms with Gasteiger partial charge in [-0.3, -0.25) is 0 Å². The van der Waals surface area contributed by atoms with Crippen molar-refractivity contribution in [1.29, 1.82) is 0 Å². The molecule has 0 aliphatic rings. The van der Waals surface area contributed by atoms with Crippen molar-refractivity contribution in [2.24, 2.45) is 5.92 Å². The Kier molecular flexibility index (Phi) is 2.56. The van der Waals surface area contributed by atoms with Gasteiger partial charge in [-0.1, -0.05) is 19.9 Å². The van der Waals surface area contributed by atoms with Crippen molar-refractivity contribution in [1.82, 2.24) is 0 Å². The van der Waals surface area contributed by atoms with E-state index < -0.39 is 0 Å². The van der Waals surface area contributed by atoms with Crippen LogP contribution in [0.25, 0.3) is 0 Å². The average Bonchev–Trinajstić information content (AvgIpc) is 1.38. The van der Waals surface area contributed by atoms with E-state index >= 15 is 0 Å². The SMILES string of the molecule is CC(C)[CH][SiH3]. The van der Waals surface area contributed by atoms with Crippen LogP contribution in [0.2, 0.25) is 0 Å². The van der Waals surface area contributed by atoms with Crippen LogP contribution in [-0.4, -0.2) is 10.2 Å². The molecule has 0 heterocycles. The summed E-state index contributed by atoms with van der Waals surface area (Å²) in [5.41, 5.74) is 0. The van der Waals surface area contributed by atoms with Gasteiger partial charge in [0.25, 0.3) is 0 Å². The normalized spacial score (nSPS) is 10.2. The van der Waals surface area contributed by atoms with Gasteiger partial charge in [0, 0.05) is 10.2 Å². The third-order valence-electron chi connectivity index (χ3n) is 0.667. The first kappa shape index (κ1) is 5.22. The first-order valence-electron chi connectivity index (χ1n) is 2.07. The Hall–Kier alpha value is 0.217. The molecule has 0 saturated heterocycles. The Bertz CT molecular complexity index is 17.6. The molecule has 0 aromatic heterocycles. The van der Waals surface area contributed by atoms with E-state index in [2.05, 4.69) is 19.9 Å². The molecule has 0 unspecified atom stereocenters. The lowest BCUT2D eigenvalue weighted by Gasteiger charge is -1.90. The molecule has 0 N–H and O–H groups in total. The molecule has 0 atom stereocenters. The van der Waals surface area contributed by atoms with E-state index in [0.717, 1.165) is 5.92 Å². The number of hydrogen-bond donors (Lipinski definition) is 0. The van der Waals surface area contributed by atoms with Crippen molar-refractivity contribution in [3.8, 4) is 0 Å². The molecule has 0 fully saturated rings. The van der Waals surface area contributed by atoms with Gasteiger partial charge in [0.2, 0.25) is 0 Å². The van der Waals surface area contributed by atoms with Crippen LogP contribution >= 0.6 is 0 Å². The quantitative estimate of drug-likeness (QED) is 0.400. The molecule has 5 heavy (non-hydrogen) atoms. The molecule has 0 nitrogen and oxygen atoms in total. The van der Waals surface area contributed by atoms with Gasteiger partial charge in [-0.2, -0.15) is 0 Å². The van der Waals surface area contributed by atoms with Crippen LogP contribution in [-0.2, 0) is 0 Å². The summed E-state index contributed by atoms with van der Waals surface area (Å²) >= 11 is 0. The monoisotopic (exact) mass is 87.1 g/mol. The molecule has 0 bridgehead atoms. The minimum Gasteiger partial charge on any atom is -0.0628 e. The van der Waals surface area contributed by atoms with E-state index in [1.165, 1.54) is 10.2 Å². The third kappa shape index (κ3) is 4.22. The molecule has 31 valence electrons. The molecular formula is C4H11Si. The molecule has 0 aliphatic carbocycles. The maximum Gasteiger partial charge on any atom is 0.00701 e. The standard InChI is InChI=1S/C4H11Si/c1-4(2)3-5/h3-4H,1-2,5H3. The molecule has 0 aliphatic heterocycles. The van der Waals surface area contributed by atoms with Crippen molar-refractivity contribution in [2.75, 3.05) is 0 Å². The minimum atomic E-state index is 0.821. The predicted octanol–water partition coefficient (Wildman–Crippen LogP) is 0.170. The summed E-state index contributed by atoms with van der Waals surface area (Å²) in [6, 6.07) is 2.31. The summed E-state index contributed by atoms with van der Waals surface area (Å²) in [7, 11) is 1.25. The zero-order valence-electron chi connectivity index (χ0n) is 4.15. The van der Waals surface area contributed by atoms with Gasteiger partial charge in [0.05, 0.1) is 0 Å². The Morgan fingerprint density at radius 1 is 1.60 bits per heavy atom. The summed E-state index contributed by atoms with van der Waals surface area (Å²) in [6.07, 6.45) is 0. The fraction of sp³-hybridized carbons (Fsp3) is 0.750. The molecular weight excluding hydrogens is 76.1 g/mol. The maximum absolute atomic E-state index is 2.31. The van der Waals surface area contributed by atoms with Gasteiger partial charge in [0.15, 0.2) is 0 Å². The highest BCUT2D eigenvalue weighted by Gasteiger charge is 1.80. The molecule has 1 radical (unpaired) electrons. The van der Waals surface area contributed by atoms with Crippen LogP contribution in [0.1, 0.15) is 13.8 Å². The Morgan fingerprint density at radius 2 is 1.80 bits per heavy atom. The highest BCUT2D eigenvalue weighted by Crippen LogP contribution is 1.89. The van der Waals surface area contributed by atoms with E-state index in [9.17, 15) is 0 Å². The van der Waals surface area contributed by atoms with Crippen molar-refractivity contribution in [3.63, 3.8) is 0 Å². The largest absolute Gasteiger partial charge is 0.0628 e. The van der Waals surface area contributed by atoms with Gasteiger partial charge in [0.1, 0.15) is 0 Å². The summed E-state index contributed by atoms with van der Waals surface area (Å²) in [5.74, 6) is 0.821. The van der Waals surface area contributed by atoms with Crippen molar-refractivity contribution >= 4 is 10.2 Å². The molecule has 0 saturated carbocycles. The van der Waals surface area contributed by atoms with Crippen molar-refractivity contribution in [3.05, 3.63) is 6.04 Å². The van der Waals surface area contributed by atoms with Gasteiger partial charge in [-0.25, -0.2) is 0 Å².